The van der Waals surface area contributed by atoms with Gasteiger partial charge in [0.1, 0.15) is 6.04 Å². The molecule has 3 heteroatoms. The SMILES string of the molecule is C#CC(NCC)c1cc2c(s1)CCSC2. The lowest BCUT2D eigenvalue weighted by atomic mass is 10.2. The Balaban J connectivity index is 2.21. The molecule has 1 atom stereocenters. The third-order valence-electron chi connectivity index (χ3n) is 2.51. The third-order valence-corrected chi connectivity index (χ3v) is 4.82. The molecule has 1 unspecified atom stereocenters. The van der Waals surface area contributed by atoms with Crippen molar-refractivity contribution in [2.45, 2.75) is 25.1 Å². The van der Waals surface area contributed by atoms with Crippen molar-refractivity contribution in [3.8, 4) is 12.3 Å². The first-order chi connectivity index (χ1) is 7.35. The molecule has 0 bridgehead atoms. The van der Waals surface area contributed by atoms with Gasteiger partial charge in [0.15, 0.2) is 0 Å². The second kappa shape index (κ2) is 5.07. The van der Waals surface area contributed by atoms with Crippen molar-refractivity contribution in [3.63, 3.8) is 0 Å². The molecule has 1 aliphatic heterocycles. The van der Waals surface area contributed by atoms with Crippen LogP contribution in [0.3, 0.4) is 0 Å². The monoisotopic (exact) mass is 237 g/mol. The van der Waals surface area contributed by atoms with Gasteiger partial charge >= 0.3 is 0 Å². The first kappa shape index (κ1) is 11.1. The Morgan fingerprint density at radius 3 is 3.20 bits per heavy atom. The number of aryl methyl sites for hydroxylation is 1. The predicted octanol–water partition coefficient (Wildman–Crippen LogP) is 2.82. The van der Waals surface area contributed by atoms with Crippen LogP contribution in [-0.2, 0) is 12.2 Å². The number of hydrogen-bond acceptors (Lipinski definition) is 3. The summed E-state index contributed by atoms with van der Waals surface area (Å²) in [4.78, 5) is 2.86. The topological polar surface area (TPSA) is 12.0 Å². The minimum absolute atomic E-state index is 0.107. The van der Waals surface area contributed by atoms with Crippen LogP contribution >= 0.6 is 23.1 Å². The maximum absolute atomic E-state index is 5.54. The van der Waals surface area contributed by atoms with E-state index in [1.807, 2.05) is 23.1 Å². The minimum Gasteiger partial charge on any atom is -0.300 e. The molecule has 0 radical (unpaired) electrons. The van der Waals surface area contributed by atoms with Crippen LogP contribution in [0.25, 0.3) is 0 Å². The molecule has 1 aromatic heterocycles. The highest BCUT2D eigenvalue weighted by molar-refractivity contribution is 7.98. The molecule has 15 heavy (non-hydrogen) atoms. The van der Waals surface area contributed by atoms with E-state index in [0.717, 1.165) is 12.3 Å². The van der Waals surface area contributed by atoms with E-state index in [4.69, 9.17) is 6.42 Å². The number of thiophene rings is 1. The molecule has 1 aliphatic rings. The van der Waals surface area contributed by atoms with Crippen molar-refractivity contribution in [2.24, 2.45) is 0 Å². The third kappa shape index (κ3) is 2.39. The van der Waals surface area contributed by atoms with Crippen LogP contribution in [0.2, 0.25) is 0 Å². The molecule has 1 aromatic rings. The molecule has 0 aliphatic carbocycles. The molecule has 0 aromatic carbocycles. The second-order valence-corrected chi connectivity index (χ2v) is 5.83. The van der Waals surface area contributed by atoms with Gasteiger partial charge in [-0.1, -0.05) is 12.8 Å². The molecular formula is C12H15NS2. The molecular weight excluding hydrogens is 222 g/mol. The number of nitrogens with one attached hydrogen (secondary N) is 1. The van der Waals surface area contributed by atoms with Crippen LogP contribution in [-0.4, -0.2) is 12.3 Å². The second-order valence-electron chi connectivity index (χ2n) is 3.56. The maximum atomic E-state index is 5.54. The smallest absolute Gasteiger partial charge is 0.104 e. The molecule has 0 saturated heterocycles. The lowest BCUT2D eigenvalue weighted by Gasteiger charge is -2.08. The van der Waals surface area contributed by atoms with Gasteiger partial charge in [-0.2, -0.15) is 11.8 Å². The Morgan fingerprint density at radius 1 is 1.67 bits per heavy atom. The zero-order valence-electron chi connectivity index (χ0n) is 8.88. The summed E-state index contributed by atoms with van der Waals surface area (Å²) >= 11 is 3.91. The van der Waals surface area contributed by atoms with Gasteiger partial charge in [-0.05, 0) is 30.3 Å². The minimum atomic E-state index is 0.107. The van der Waals surface area contributed by atoms with E-state index in [2.05, 4.69) is 24.2 Å². The Labute approximate surface area is 99.7 Å². The van der Waals surface area contributed by atoms with Crippen molar-refractivity contribution in [1.29, 1.82) is 0 Å². The molecule has 80 valence electrons. The summed E-state index contributed by atoms with van der Waals surface area (Å²) < 4.78 is 0. The Bertz CT molecular complexity index is 352. The van der Waals surface area contributed by atoms with Crippen LogP contribution in [0.1, 0.15) is 28.3 Å². The number of terminal acetylenes is 1. The van der Waals surface area contributed by atoms with Gasteiger partial charge in [-0.15, -0.1) is 17.8 Å². The average molecular weight is 237 g/mol. The van der Waals surface area contributed by atoms with Crippen molar-refractivity contribution in [2.75, 3.05) is 12.3 Å². The van der Waals surface area contributed by atoms with E-state index < -0.39 is 0 Å². The number of fused-ring (bicyclic) bond motifs is 1. The van der Waals surface area contributed by atoms with Gasteiger partial charge in [0.2, 0.25) is 0 Å². The highest BCUT2D eigenvalue weighted by Gasteiger charge is 2.17. The van der Waals surface area contributed by atoms with Crippen molar-refractivity contribution in [1.82, 2.24) is 5.32 Å². The largest absolute Gasteiger partial charge is 0.300 e. The summed E-state index contributed by atoms with van der Waals surface area (Å²) in [6.07, 6.45) is 6.75. The first-order valence-corrected chi connectivity index (χ1v) is 7.21. The van der Waals surface area contributed by atoms with E-state index in [1.165, 1.54) is 22.6 Å². The van der Waals surface area contributed by atoms with Gasteiger partial charge in [0.05, 0.1) is 0 Å². The van der Waals surface area contributed by atoms with E-state index in [1.54, 1.807) is 4.88 Å². The zero-order chi connectivity index (χ0) is 10.7. The van der Waals surface area contributed by atoms with E-state index in [0.29, 0.717) is 0 Å². The number of hydrogen-bond donors (Lipinski definition) is 1. The Hall–Kier alpha value is -0.430. The predicted molar refractivity (Wildman–Crippen MR) is 69.4 cm³/mol. The molecule has 0 amide bonds. The molecule has 2 heterocycles. The summed E-state index contributed by atoms with van der Waals surface area (Å²) in [5, 5.41) is 3.33. The molecule has 1 nitrogen and oxygen atoms in total. The lowest BCUT2D eigenvalue weighted by molar-refractivity contribution is 0.674. The van der Waals surface area contributed by atoms with E-state index in [9.17, 15) is 0 Å². The van der Waals surface area contributed by atoms with Gasteiger partial charge in [0.25, 0.3) is 0 Å². The lowest BCUT2D eigenvalue weighted by Crippen LogP contribution is -2.18. The highest BCUT2D eigenvalue weighted by atomic mass is 32.2. The van der Waals surface area contributed by atoms with E-state index >= 15 is 0 Å². The van der Waals surface area contributed by atoms with Crippen molar-refractivity contribution in [3.05, 3.63) is 21.4 Å². The standard InChI is InChI=1S/C12H15NS2/c1-3-10(13-4-2)12-7-9-8-14-6-5-11(9)15-12/h1,7,10,13H,4-6,8H2,2H3. The molecule has 2 rings (SSSR count). The maximum Gasteiger partial charge on any atom is 0.104 e. The summed E-state index contributed by atoms with van der Waals surface area (Å²) in [5.41, 5.74) is 1.50. The number of thioether (sulfide) groups is 1. The van der Waals surface area contributed by atoms with Crippen LogP contribution in [0.4, 0.5) is 0 Å². The van der Waals surface area contributed by atoms with Crippen LogP contribution in [0.5, 0.6) is 0 Å². The summed E-state index contributed by atoms with van der Waals surface area (Å²) in [5.74, 6) is 5.24. The molecule has 1 N–H and O–H groups in total. The molecule has 0 spiro atoms. The summed E-state index contributed by atoms with van der Waals surface area (Å²) in [7, 11) is 0. The van der Waals surface area contributed by atoms with Crippen molar-refractivity contribution >= 4 is 23.1 Å². The van der Waals surface area contributed by atoms with E-state index in [-0.39, 0.29) is 6.04 Å². The Kier molecular flexibility index (Phi) is 3.74. The van der Waals surface area contributed by atoms with Crippen molar-refractivity contribution < 1.29 is 0 Å². The van der Waals surface area contributed by atoms with Crippen LogP contribution in [0.15, 0.2) is 6.07 Å². The fourth-order valence-electron chi connectivity index (χ4n) is 1.76. The Morgan fingerprint density at radius 2 is 2.53 bits per heavy atom. The highest BCUT2D eigenvalue weighted by Crippen LogP contribution is 2.34. The van der Waals surface area contributed by atoms with Gasteiger partial charge in [-0.3, -0.25) is 5.32 Å². The average Bonchev–Trinajstić information content (AvgIpc) is 2.69. The van der Waals surface area contributed by atoms with Gasteiger partial charge in [-0.25, -0.2) is 0 Å². The van der Waals surface area contributed by atoms with Crippen LogP contribution < -0.4 is 5.32 Å². The number of rotatable bonds is 3. The normalized spacial score (nSPS) is 16.8. The molecule has 0 saturated carbocycles. The quantitative estimate of drug-likeness (QED) is 0.811. The molecule has 0 fully saturated rings. The van der Waals surface area contributed by atoms with Gasteiger partial charge < -0.3 is 0 Å². The fourth-order valence-corrected chi connectivity index (χ4v) is 4.17. The zero-order valence-corrected chi connectivity index (χ0v) is 10.5. The van der Waals surface area contributed by atoms with Gasteiger partial charge in [0, 0.05) is 15.5 Å². The summed E-state index contributed by atoms with van der Waals surface area (Å²) in [6.45, 7) is 3.01. The van der Waals surface area contributed by atoms with Crippen LogP contribution in [0, 0.1) is 12.3 Å². The first-order valence-electron chi connectivity index (χ1n) is 5.24. The fraction of sp³-hybridized carbons (Fsp3) is 0.500. The summed E-state index contributed by atoms with van der Waals surface area (Å²) in [6, 6.07) is 2.40.